The minimum Gasteiger partial charge on any atom is -0.390 e. The van der Waals surface area contributed by atoms with Crippen LogP contribution in [0.15, 0.2) is 0 Å². The molecule has 4 heteroatoms. The summed E-state index contributed by atoms with van der Waals surface area (Å²) in [5.74, 6) is 0.863. The molecule has 140 valence electrons. The Hall–Kier alpha value is -0.160. The van der Waals surface area contributed by atoms with Crippen LogP contribution in [0, 0.1) is 5.92 Å². The molecule has 0 radical (unpaired) electrons. The molecule has 0 aromatic carbocycles. The molecule has 0 bridgehead atoms. The average Bonchev–Trinajstić information content (AvgIpc) is 2.60. The summed E-state index contributed by atoms with van der Waals surface area (Å²) >= 11 is 0. The second-order valence-electron chi connectivity index (χ2n) is 8.53. The van der Waals surface area contributed by atoms with Gasteiger partial charge in [-0.3, -0.25) is 0 Å². The first-order valence-corrected chi connectivity index (χ1v) is 10.5. The molecule has 0 aromatic heterocycles. The zero-order valence-electron chi connectivity index (χ0n) is 15.7. The Morgan fingerprint density at radius 1 is 0.792 bits per heavy atom. The highest BCUT2D eigenvalue weighted by Crippen LogP contribution is 2.25. The van der Waals surface area contributed by atoms with E-state index in [0.29, 0.717) is 12.2 Å². The monoisotopic (exact) mass is 338 g/mol. The molecule has 2 saturated heterocycles. The molecule has 1 unspecified atom stereocenters. The number of rotatable bonds is 6. The number of hydrogen-bond acceptors (Lipinski definition) is 4. The van der Waals surface area contributed by atoms with Crippen LogP contribution in [0.3, 0.4) is 0 Å². The number of aliphatic hydroxyl groups is 1. The lowest BCUT2D eigenvalue weighted by Crippen LogP contribution is -2.46. The van der Waals surface area contributed by atoms with Gasteiger partial charge in [0, 0.05) is 26.2 Å². The molecular formula is C20H38N2O2. The van der Waals surface area contributed by atoms with Gasteiger partial charge in [0.15, 0.2) is 0 Å². The van der Waals surface area contributed by atoms with Gasteiger partial charge in [0.2, 0.25) is 0 Å². The molecule has 1 N–H and O–H groups in total. The van der Waals surface area contributed by atoms with Crippen molar-refractivity contribution < 1.29 is 9.84 Å². The number of likely N-dealkylation sites (tertiary alicyclic amines) is 2. The van der Waals surface area contributed by atoms with Crippen molar-refractivity contribution >= 4 is 0 Å². The Morgan fingerprint density at radius 2 is 1.29 bits per heavy atom. The summed E-state index contributed by atoms with van der Waals surface area (Å²) in [5.41, 5.74) is 0. The molecule has 2 aliphatic heterocycles. The molecule has 24 heavy (non-hydrogen) atoms. The van der Waals surface area contributed by atoms with Crippen LogP contribution < -0.4 is 0 Å². The molecular weight excluding hydrogens is 300 g/mol. The minimum atomic E-state index is -0.200. The van der Waals surface area contributed by atoms with Gasteiger partial charge in [0.05, 0.1) is 18.3 Å². The molecule has 3 rings (SSSR count). The van der Waals surface area contributed by atoms with Gasteiger partial charge in [0.1, 0.15) is 0 Å². The Labute approximate surface area is 148 Å². The maximum absolute atomic E-state index is 10.4. The molecule has 2 heterocycles. The van der Waals surface area contributed by atoms with Gasteiger partial charge in [-0.1, -0.05) is 26.2 Å². The first-order chi connectivity index (χ1) is 11.7. The summed E-state index contributed by atoms with van der Waals surface area (Å²) in [4.78, 5) is 4.89. The Kier molecular flexibility index (Phi) is 7.38. The summed E-state index contributed by atoms with van der Waals surface area (Å²) in [6.45, 7) is 8.53. The van der Waals surface area contributed by atoms with E-state index in [2.05, 4.69) is 16.7 Å². The zero-order valence-corrected chi connectivity index (χ0v) is 15.7. The lowest BCUT2D eigenvalue weighted by atomic mass is 9.97. The van der Waals surface area contributed by atoms with E-state index in [1.165, 1.54) is 44.9 Å². The lowest BCUT2D eigenvalue weighted by molar-refractivity contribution is -0.0600. The standard InChI is InChI=1S/C20H38N2O2/c1-17-7-11-21(12-8-17)15-18(23)16-22-13-9-20(10-14-22)24-19-5-3-2-4-6-19/h17-20,23H,2-16H2,1H3. The van der Waals surface area contributed by atoms with Crippen molar-refractivity contribution in [3.05, 3.63) is 0 Å². The molecule has 1 saturated carbocycles. The third-order valence-electron chi connectivity index (χ3n) is 6.29. The van der Waals surface area contributed by atoms with Crippen molar-refractivity contribution in [3.8, 4) is 0 Å². The van der Waals surface area contributed by atoms with E-state index in [-0.39, 0.29) is 6.10 Å². The highest BCUT2D eigenvalue weighted by atomic mass is 16.5. The highest BCUT2D eigenvalue weighted by Gasteiger charge is 2.26. The van der Waals surface area contributed by atoms with E-state index in [1.54, 1.807) is 0 Å². The Bertz CT molecular complexity index is 344. The van der Waals surface area contributed by atoms with Crippen molar-refractivity contribution in [2.75, 3.05) is 39.3 Å². The molecule has 3 fully saturated rings. The molecule has 1 aliphatic carbocycles. The third-order valence-corrected chi connectivity index (χ3v) is 6.29. The van der Waals surface area contributed by atoms with Gasteiger partial charge in [-0.2, -0.15) is 0 Å². The normalized spacial score (nSPS) is 28.2. The average molecular weight is 339 g/mol. The largest absolute Gasteiger partial charge is 0.390 e. The molecule has 3 aliphatic rings. The number of aliphatic hydroxyl groups excluding tert-OH is 1. The van der Waals surface area contributed by atoms with E-state index in [9.17, 15) is 5.11 Å². The van der Waals surface area contributed by atoms with Crippen LogP contribution >= 0.6 is 0 Å². The van der Waals surface area contributed by atoms with E-state index < -0.39 is 0 Å². The maximum Gasteiger partial charge on any atom is 0.0793 e. The fourth-order valence-corrected chi connectivity index (χ4v) is 4.60. The number of piperidine rings is 2. The van der Waals surface area contributed by atoms with Crippen LogP contribution in [0.4, 0.5) is 0 Å². The van der Waals surface area contributed by atoms with Crippen molar-refractivity contribution in [1.29, 1.82) is 0 Å². The van der Waals surface area contributed by atoms with Gasteiger partial charge in [-0.25, -0.2) is 0 Å². The van der Waals surface area contributed by atoms with E-state index in [4.69, 9.17) is 4.74 Å². The SMILES string of the molecule is CC1CCN(CC(O)CN2CCC(OC3CCCCC3)CC2)CC1. The zero-order chi connectivity index (χ0) is 16.8. The molecule has 0 amide bonds. The smallest absolute Gasteiger partial charge is 0.0793 e. The second-order valence-corrected chi connectivity index (χ2v) is 8.53. The minimum absolute atomic E-state index is 0.200. The van der Waals surface area contributed by atoms with Gasteiger partial charge in [-0.05, 0) is 57.5 Å². The lowest BCUT2D eigenvalue weighted by Gasteiger charge is -2.37. The van der Waals surface area contributed by atoms with Crippen LogP contribution in [0.2, 0.25) is 0 Å². The summed E-state index contributed by atoms with van der Waals surface area (Å²) in [6.07, 6.45) is 12.3. The van der Waals surface area contributed by atoms with Gasteiger partial charge < -0.3 is 19.6 Å². The second kappa shape index (κ2) is 9.51. The van der Waals surface area contributed by atoms with E-state index in [1.807, 2.05) is 0 Å². The van der Waals surface area contributed by atoms with Crippen LogP contribution in [0.5, 0.6) is 0 Å². The van der Waals surface area contributed by atoms with Gasteiger partial charge in [0.25, 0.3) is 0 Å². The number of nitrogens with zero attached hydrogens (tertiary/aromatic N) is 2. The molecule has 4 nitrogen and oxygen atoms in total. The van der Waals surface area contributed by atoms with E-state index in [0.717, 1.165) is 58.0 Å². The Morgan fingerprint density at radius 3 is 1.88 bits per heavy atom. The topological polar surface area (TPSA) is 35.9 Å². The van der Waals surface area contributed by atoms with Crippen molar-refractivity contribution in [1.82, 2.24) is 9.80 Å². The molecule has 0 aromatic rings. The summed E-state index contributed by atoms with van der Waals surface area (Å²) in [6, 6.07) is 0. The Balaban J connectivity index is 1.30. The summed E-state index contributed by atoms with van der Waals surface area (Å²) in [7, 11) is 0. The number of β-amino-alcohol motifs (C(OH)–C–C–N with tert-alkyl or cyclic N) is 1. The summed E-state index contributed by atoms with van der Waals surface area (Å²) < 4.78 is 6.32. The third kappa shape index (κ3) is 5.98. The van der Waals surface area contributed by atoms with Crippen LogP contribution in [0.1, 0.15) is 64.7 Å². The summed E-state index contributed by atoms with van der Waals surface area (Å²) in [5, 5.41) is 10.4. The molecule has 0 spiro atoms. The van der Waals surface area contributed by atoms with Crippen molar-refractivity contribution in [2.24, 2.45) is 5.92 Å². The fraction of sp³-hybridized carbons (Fsp3) is 1.00. The van der Waals surface area contributed by atoms with Gasteiger partial charge in [-0.15, -0.1) is 0 Å². The van der Waals surface area contributed by atoms with Crippen LogP contribution in [-0.4, -0.2) is 72.5 Å². The first kappa shape index (κ1) is 18.6. The first-order valence-electron chi connectivity index (χ1n) is 10.5. The number of ether oxygens (including phenoxy) is 1. The van der Waals surface area contributed by atoms with Crippen LogP contribution in [0.25, 0.3) is 0 Å². The van der Waals surface area contributed by atoms with Crippen molar-refractivity contribution in [2.45, 2.75) is 83.0 Å². The van der Waals surface area contributed by atoms with E-state index >= 15 is 0 Å². The van der Waals surface area contributed by atoms with Crippen molar-refractivity contribution in [3.63, 3.8) is 0 Å². The predicted octanol–water partition coefficient (Wildman–Crippen LogP) is 2.89. The fourth-order valence-electron chi connectivity index (χ4n) is 4.60. The maximum atomic E-state index is 10.4. The quantitative estimate of drug-likeness (QED) is 0.808. The van der Waals surface area contributed by atoms with Gasteiger partial charge >= 0.3 is 0 Å². The molecule has 1 atom stereocenters. The highest BCUT2D eigenvalue weighted by molar-refractivity contribution is 4.79. The number of hydrogen-bond donors (Lipinski definition) is 1. The predicted molar refractivity (Wildman–Crippen MR) is 98.3 cm³/mol. The van der Waals surface area contributed by atoms with Crippen LogP contribution in [-0.2, 0) is 4.74 Å².